The fourth-order valence-corrected chi connectivity index (χ4v) is 0.912. The van der Waals surface area contributed by atoms with Crippen molar-refractivity contribution in [3.8, 4) is 0 Å². The molecule has 5 heteroatoms. The van der Waals surface area contributed by atoms with Gasteiger partial charge < -0.3 is 9.73 Å². The van der Waals surface area contributed by atoms with Gasteiger partial charge >= 0.3 is 5.88 Å². The van der Waals surface area contributed by atoms with E-state index in [2.05, 4.69) is 5.32 Å². The fraction of sp³-hybridized carbons (Fsp3) is 0.556. The molecule has 5 nitrogen and oxygen atoms in total. The van der Waals surface area contributed by atoms with Crippen molar-refractivity contribution in [1.29, 1.82) is 0 Å². The lowest BCUT2D eigenvalue weighted by atomic mass is 10.1. The molecule has 0 radical (unpaired) electrons. The molecule has 14 heavy (non-hydrogen) atoms. The number of hydrogen-bond donors (Lipinski definition) is 1. The van der Waals surface area contributed by atoms with Crippen LogP contribution in [0.2, 0.25) is 0 Å². The van der Waals surface area contributed by atoms with E-state index in [1.54, 1.807) is 6.07 Å². The Kier molecular flexibility index (Phi) is 2.90. The summed E-state index contributed by atoms with van der Waals surface area (Å²) in [4.78, 5) is 9.77. The molecule has 0 saturated carbocycles. The minimum Gasteiger partial charge on any atom is -0.404 e. The van der Waals surface area contributed by atoms with Gasteiger partial charge in [0.05, 0.1) is 12.6 Å². The summed E-state index contributed by atoms with van der Waals surface area (Å²) in [7, 11) is 0. The second-order valence-electron chi connectivity index (χ2n) is 4.10. The third kappa shape index (κ3) is 3.18. The van der Waals surface area contributed by atoms with Crippen LogP contribution in [0.25, 0.3) is 0 Å². The number of nitro groups is 1. The van der Waals surface area contributed by atoms with Crippen LogP contribution in [0.15, 0.2) is 16.5 Å². The van der Waals surface area contributed by atoms with Crippen molar-refractivity contribution in [2.75, 3.05) is 0 Å². The summed E-state index contributed by atoms with van der Waals surface area (Å²) in [5.41, 5.74) is -0.0262. The van der Waals surface area contributed by atoms with Crippen LogP contribution in [0.1, 0.15) is 26.5 Å². The van der Waals surface area contributed by atoms with E-state index in [9.17, 15) is 10.1 Å². The summed E-state index contributed by atoms with van der Waals surface area (Å²) in [6, 6.07) is 2.97. The van der Waals surface area contributed by atoms with E-state index in [-0.39, 0.29) is 11.4 Å². The molecule has 0 unspecified atom stereocenters. The van der Waals surface area contributed by atoms with E-state index in [0.717, 1.165) is 0 Å². The monoisotopic (exact) mass is 198 g/mol. The lowest BCUT2D eigenvalue weighted by molar-refractivity contribution is -0.402. The molecule has 1 aromatic heterocycles. The van der Waals surface area contributed by atoms with Crippen molar-refractivity contribution in [3.63, 3.8) is 0 Å². The molecular formula is C9H14N2O3. The Labute approximate surface area is 82.3 Å². The van der Waals surface area contributed by atoms with E-state index in [1.807, 2.05) is 20.8 Å². The molecule has 0 bridgehead atoms. The number of furan rings is 1. The summed E-state index contributed by atoms with van der Waals surface area (Å²) >= 11 is 0. The molecule has 1 aromatic rings. The highest BCUT2D eigenvalue weighted by atomic mass is 16.6. The van der Waals surface area contributed by atoms with E-state index in [4.69, 9.17) is 4.42 Å². The summed E-state index contributed by atoms with van der Waals surface area (Å²) in [6.45, 7) is 6.55. The molecule has 0 saturated heterocycles. The van der Waals surface area contributed by atoms with E-state index in [1.165, 1.54) is 6.07 Å². The maximum Gasteiger partial charge on any atom is 0.433 e. The van der Waals surface area contributed by atoms with E-state index < -0.39 is 4.92 Å². The van der Waals surface area contributed by atoms with Gasteiger partial charge in [-0.2, -0.15) is 0 Å². The maximum absolute atomic E-state index is 10.3. The van der Waals surface area contributed by atoms with Crippen LogP contribution in [0.3, 0.4) is 0 Å². The van der Waals surface area contributed by atoms with Crippen molar-refractivity contribution in [2.24, 2.45) is 0 Å². The Morgan fingerprint density at radius 2 is 2.14 bits per heavy atom. The zero-order chi connectivity index (χ0) is 10.8. The second-order valence-corrected chi connectivity index (χ2v) is 4.10. The van der Waals surface area contributed by atoms with Crippen LogP contribution < -0.4 is 5.32 Å². The molecule has 0 aliphatic rings. The van der Waals surface area contributed by atoms with Crippen molar-refractivity contribution in [1.82, 2.24) is 5.32 Å². The Morgan fingerprint density at radius 3 is 2.57 bits per heavy atom. The van der Waals surface area contributed by atoms with Gasteiger partial charge in [0.2, 0.25) is 0 Å². The Bertz CT molecular complexity index is 325. The van der Waals surface area contributed by atoms with Crippen molar-refractivity contribution in [2.45, 2.75) is 32.9 Å². The Balaban J connectivity index is 2.56. The van der Waals surface area contributed by atoms with Crippen LogP contribution in [-0.2, 0) is 6.54 Å². The second kappa shape index (κ2) is 3.79. The summed E-state index contributed by atoms with van der Waals surface area (Å²) < 4.78 is 4.98. The predicted molar refractivity (Wildman–Crippen MR) is 52.0 cm³/mol. The minimum atomic E-state index is -0.541. The average Bonchev–Trinajstić information content (AvgIpc) is 2.47. The first kappa shape index (κ1) is 10.7. The highest BCUT2D eigenvalue weighted by molar-refractivity contribution is 5.17. The SMILES string of the molecule is CC(C)(C)NCc1ccc([N+](=O)[O-])o1. The molecule has 1 rings (SSSR count). The summed E-state index contributed by atoms with van der Waals surface area (Å²) in [5, 5.41) is 13.5. The lowest BCUT2D eigenvalue weighted by Crippen LogP contribution is -2.34. The first-order valence-electron chi connectivity index (χ1n) is 4.36. The number of hydrogen-bond acceptors (Lipinski definition) is 4. The van der Waals surface area contributed by atoms with Gasteiger partial charge in [0, 0.05) is 5.54 Å². The molecule has 0 fully saturated rings. The van der Waals surface area contributed by atoms with Crippen molar-refractivity contribution < 1.29 is 9.34 Å². The van der Waals surface area contributed by atoms with Gasteiger partial charge in [-0.3, -0.25) is 10.1 Å². The largest absolute Gasteiger partial charge is 0.433 e. The van der Waals surface area contributed by atoms with Crippen LogP contribution >= 0.6 is 0 Å². The maximum atomic E-state index is 10.3. The van der Waals surface area contributed by atoms with E-state index >= 15 is 0 Å². The van der Waals surface area contributed by atoms with Crippen LogP contribution in [0.4, 0.5) is 5.88 Å². The molecule has 0 spiro atoms. The Hall–Kier alpha value is -1.36. The minimum absolute atomic E-state index is 0.0262. The first-order valence-corrected chi connectivity index (χ1v) is 4.36. The van der Waals surface area contributed by atoms with Gasteiger partial charge in [-0.05, 0) is 26.8 Å². The summed E-state index contributed by atoms with van der Waals surface area (Å²) in [6.07, 6.45) is 0. The zero-order valence-corrected chi connectivity index (χ0v) is 8.53. The predicted octanol–water partition coefficient (Wildman–Crippen LogP) is 2.08. The third-order valence-electron chi connectivity index (χ3n) is 1.62. The quantitative estimate of drug-likeness (QED) is 0.596. The van der Waals surface area contributed by atoms with Crippen molar-refractivity contribution >= 4 is 5.88 Å². The first-order chi connectivity index (χ1) is 6.38. The van der Waals surface area contributed by atoms with Gasteiger partial charge in [0.15, 0.2) is 0 Å². The molecule has 78 valence electrons. The normalized spacial score (nSPS) is 11.6. The topological polar surface area (TPSA) is 68.3 Å². The fourth-order valence-electron chi connectivity index (χ4n) is 0.912. The number of rotatable bonds is 3. The standard InChI is InChI=1S/C9H14N2O3/c1-9(2,3)10-6-7-4-5-8(14-7)11(12)13/h4-5,10H,6H2,1-3H3. The molecule has 0 atom stereocenters. The smallest absolute Gasteiger partial charge is 0.404 e. The van der Waals surface area contributed by atoms with E-state index in [0.29, 0.717) is 12.3 Å². The molecule has 1 N–H and O–H groups in total. The molecule has 0 amide bonds. The third-order valence-corrected chi connectivity index (χ3v) is 1.62. The molecular weight excluding hydrogens is 184 g/mol. The van der Waals surface area contributed by atoms with Crippen LogP contribution in [0.5, 0.6) is 0 Å². The van der Waals surface area contributed by atoms with Gasteiger partial charge in [-0.25, -0.2) is 0 Å². The Morgan fingerprint density at radius 1 is 1.50 bits per heavy atom. The van der Waals surface area contributed by atoms with Gasteiger partial charge in [0.25, 0.3) is 0 Å². The van der Waals surface area contributed by atoms with Gasteiger partial charge in [-0.1, -0.05) is 0 Å². The highest BCUT2D eigenvalue weighted by Gasteiger charge is 2.14. The van der Waals surface area contributed by atoms with Crippen molar-refractivity contribution in [3.05, 3.63) is 28.0 Å². The molecule has 0 aliphatic heterocycles. The number of nitrogens with one attached hydrogen (secondary N) is 1. The zero-order valence-electron chi connectivity index (χ0n) is 8.53. The molecule has 0 aliphatic carbocycles. The van der Waals surface area contributed by atoms with Crippen LogP contribution in [0, 0.1) is 10.1 Å². The van der Waals surface area contributed by atoms with Gasteiger partial charge in [-0.15, -0.1) is 0 Å². The molecule has 1 heterocycles. The van der Waals surface area contributed by atoms with Gasteiger partial charge in [0.1, 0.15) is 10.7 Å². The lowest BCUT2D eigenvalue weighted by Gasteiger charge is -2.19. The van der Waals surface area contributed by atoms with Crippen LogP contribution in [-0.4, -0.2) is 10.5 Å². The average molecular weight is 198 g/mol. The summed E-state index contributed by atoms with van der Waals surface area (Å²) in [5.74, 6) is 0.363. The highest BCUT2D eigenvalue weighted by Crippen LogP contribution is 2.15. The number of nitrogens with zero attached hydrogens (tertiary/aromatic N) is 1. The molecule has 0 aromatic carbocycles.